The first-order valence-corrected chi connectivity index (χ1v) is 5.84. The summed E-state index contributed by atoms with van der Waals surface area (Å²) in [6.45, 7) is 2.13. The lowest BCUT2D eigenvalue weighted by Gasteiger charge is -2.10. The third-order valence-corrected chi connectivity index (χ3v) is 3.32. The summed E-state index contributed by atoms with van der Waals surface area (Å²) >= 11 is 1.66. The second-order valence-corrected chi connectivity index (χ2v) is 4.71. The van der Waals surface area contributed by atoms with E-state index in [1.54, 1.807) is 25.1 Å². The van der Waals surface area contributed by atoms with Crippen molar-refractivity contribution < 1.29 is 4.74 Å². The highest BCUT2D eigenvalue weighted by molar-refractivity contribution is 7.99. The maximum atomic E-state index is 5.20. The van der Waals surface area contributed by atoms with Crippen molar-refractivity contribution in [3.63, 3.8) is 0 Å². The van der Waals surface area contributed by atoms with Crippen molar-refractivity contribution in [1.82, 2.24) is 15.4 Å². The van der Waals surface area contributed by atoms with E-state index in [0.717, 1.165) is 10.8 Å². The standard InChI is InChI=1S/C11H13N3OS/c1-8(16-11-7-12-14-13-11)9-4-3-5-10(6-9)15-2/h3-8H,1-2H3,(H,12,13,14)/t8-/m1/s1. The molecular weight excluding hydrogens is 222 g/mol. The molecule has 0 amide bonds. The number of benzene rings is 1. The van der Waals surface area contributed by atoms with Gasteiger partial charge in [0.1, 0.15) is 10.8 Å². The molecule has 1 heterocycles. The summed E-state index contributed by atoms with van der Waals surface area (Å²) in [5.74, 6) is 0.880. The van der Waals surface area contributed by atoms with Crippen molar-refractivity contribution in [1.29, 1.82) is 0 Å². The number of rotatable bonds is 4. The largest absolute Gasteiger partial charge is 0.497 e. The van der Waals surface area contributed by atoms with E-state index in [0.29, 0.717) is 5.25 Å². The van der Waals surface area contributed by atoms with E-state index in [1.165, 1.54) is 5.56 Å². The number of nitrogens with zero attached hydrogens (tertiary/aromatic N) is 2. The summed E-state index contributed by atoms with van der Waals surface area (Å²) in [4.78, 5) is 0. The van der Waals surface area contributed by atoms with Crippen LogP contribution in [0.3, 0.4) is 0 Å². The third-order valence-electron chi connectivity index (χ3n) is 2.25. The van der Waals surface area contributed by atoms with Crippen molar-refractivity contribution in [2.75, 3.05) is 7.11 Å². The number of hydrogen-bond acceptors (Lipinski definition) is 4. The van der Waals surface area contributed by atoms with E-state index in [4.69, 9.17) is 4.74 Å². The molecule has 0 aliphatic carbocycles. The highest BCUT2D eigenvalue weighted by atomic mass is 32.2. The van der Waals surface area contributed by atoms with E-state index in [1.807, 2.05) is 18.2 Å². The second-order valence-electron chi connectivity index (χ2n) is 3.34. The lowest BCUT2D eigenvalue weighted by molar-refractivity contribution is 0.414. The van der Waals surface area contributed by atoms with Crippen LogP contribution in [0.2, 0.25) is 0 Å². The fourth-order valence-corrected chi connectivity index (χ4v) is 2.24. The minimum absolute atomic E-state index is 0.320. The van der Waals surface area contributed by atoms with Crippen molar-refractivity contribution in [2.45, 2.75) is 17.2 Å². The Balaban J connectivity index is 2.11. The van der Waals surface area contributed by atoms with Gasteiger partial charge in [-0.1, -0.05) is 23.9 Å². The van der Waals surface area contributed by atoms with Gasteiger partial charge < -0.3 is 4.74 Å². The van der Waals surface area contributed by atoms with E-state index >= 15 is 0 Å². The van der Waals surface area contributed by atoms with Gasteiger partial charge in [-0.05, 0) is 24.6 Å². The van der Waals surface area contributed by atoms with Gasteiger partial charge in [0.25, 0.3) is 0 Å². The smallest absolute Gasteiger partial charge is 0.139 e. The number of thioether (sulfide) groups is 1. The lowest BCUT2D eigenvalue weighted by Crippen LogP contribution is -1.90. The zero-order chi connectivity index (χ0) is 11.4. The fraction of sp³-hybridized carbons (Fsp3) is 0.273. The van der Waals surface area contributed by atoms with Crippen LogP contribution in [-0.2, 0) is 0 Å². The first kappa shape index (κ1) is 11.0. The van der Waals surface area contributed by atoms with Gasteiger partial charge in [-0.25, -0.2) is 0 Å². The monoisotopic (exact) mass is 235 g/mol. The number of aromatic amines is 1. The Labute approximate surface area is 98.4 Å². The fourth-order valence-electron chi connectivity index (χ4n) is 1.39. The van der Waals surface area contributed by atoms with Crippen LogP contribution >= 0.6 is 11.8 Å². The molecule has 84 valence electrons. The molecule has 1 aromatic heterocycles. The molecule has 0 saturated carbocycles. The summed E-state index contributed by atoms with van der Waals surface area (Å²) in [6, 6.07) is 8.06. The molecule has 1 aromatic carbocycles. The van der Waals surface area contributed by atoms with Gasteiger partial charge in [0, 0.05) is 5.25 Å². The minimum Gasteiger partial charge on any atom is -0.497 e. The van der Waals surface area contributed by atoms with Gasteiger partial charge >= 0.3 is 0 Å². The Hall–Kier alpha value is -1.49. The van der Waals surface area contributed by atoms with Gasteiger partial charge in [-0.3, -0.25) is 0 Å². The average molecular weight is 235 g/mol. The van der Waals surface area contributed by atoms with Gasteiger partial charge in [0.15, 0.2) is 0 Å². The van der Waals surface area contributed by atoms with Gasteiger partial charge in [-0.15, -0.1) is 5.10 Å². The molecule has 16 heavy (non-hydrogen) atoms. The number of methoxy groups -OCH3 is 1. The van der Waals surface area contributed by atoms with Gasteiger partial charge in [0.2, 0.25) is 0 Å². The lowest BCUT2D eigenvalue weighted by atomic mass is 10.1. The predicted molar refractivity (Wildman–Crippen MR) is 63.6 cm³/mol. The van der Waals surface area contributed by atoms with Crippen LogP contribution < -0.4 is 4.74 Å². The number of aromatic nitrogens is 3. The normalized spacial score (nSPS) is 12.4. The summed E-state index contributed by atoms with van der Waals surface area (Å²) in [5.41, 5.74) is 1.22. The van der Waals surface area contributed by atoms with Crippen LogP contribution in [-0.4, -0.2) is 22.5 Å². The average Bonchev–Trinajstić information content (AvgIpc) is 2.82. The Morgan fingerprint density at radius 2 is 2.31 bits per heavy atom. The van der Waals surface area contributed by atoms with Crippen molar-refractivity contribution in [3.05, 3.63) is 36.0 Å². The Bertz CT molecular complexity index is 444. The van der Waals surface area contributed by atoms with Gasteiger partial charge in [0.05, 0.1) is 13.3 Å². The molecule has 4 nitrogen and oxygen atoms in total. The molecule has 0 unspecified atom stereocenters. The number of nitrogens with one attached hydrogen (secondary N) is 1. The molecule has 0 bridgehead atoms. The Kier molecular flexibility index (Phi) is 3.46. The minimum atomic E-state index is 0.320. The molecule has 0 spiro atoms. The molecule has 0 radical (unpaired) electrons. The maximum Gasteiger partial charge on any atom is 0.139 e. The van der Waals surface area contributed by atoms with Crippen LogP contribution in [0, 0.1) is 0 Å². The molecular formula is C11H13N3OS. The third kappa shape index (κ3) is 2.55. The number of hydrogen-bond donors (Lipinski definition) is 1. The summed E-state index contributed by atoms with van der Waals surface area (Å²) < 4.78 is 5.20. The molecule has 0 fully saturated rings. The van der Waals surface area contributed by atoms with Crippen LogP contribution in [0.5, 0.6) is 5.75 Å². The van der Waals surface area contributed by atoms with Crippen LogP contribution in [0.4, 0.5) is 0 Å². The van der Waals surface area contributed by atoms with E-state index in [2.05, 4.69) is 28.4 Å². The van der Waals surface area contributed by atoms with Gasteiger partial charge in [-0.2, -0.15) is 10.3 Å². The number of ether oxygens (including phenoxy) is 1. The van der Waals surface area contributed by atoms with Crippen molar-refractivity contribution in [2.24, 2.45) is 0 Å². The summed E-state index contributed by atoms with van der Waals surface area (Å²) in [6.07, 6.45) is 1.72. The molecule has 5 heteroatoms. The highest BCUT2D eigenvalue weighted by Crippen LogP contribution is 2.34. The maximum absolute atomic E-state index is 5.20. The molecule has 1 N–H and O–H groups in total. The first-order valence-electron chi connectivity index (χ1n) is 4.96. The summed E-state index contributed by atoms with van der Waals surface area (Å²) in [5, 5.41) is 11.6. The van der Waals surface area contributed by atoms with Crippen molar-refractivity contribution >= 4 is 11.8 Å². The SMILES string of the molecule is COc1cccc([C@@H](C)Sc2cn[nH]n2)c1. The highest BCUT2D eigenvalue weighted by Gasteiger charge is 2.09. The Morgan fingerprint density at radius 1 is 1.44 bits per heavy atom. The van der Waals surface area contributed by atoms with Crippen LogP contribution in [0.25, 0.3) is 0 Å². The Morgan fingerprint density at radius 3 is 3.00 bits per heavy atom. The number of H-pyrrole nitrogens is 1. The zero-order valence-corrected chi connectivity index (χ0v) is 9.99. The van der Waals surface area contributed by atoms with E-state index < -0.39 is 0 Å². The molecule has 0 saturated heterocycles. The molecule has 2 aromatic rings. The molecule has 0 aliphatic heterocycles. The molecule has 0 aliphatic rings. The predicted octanol–water partition coefficient (Wildman–Crippen LogP) is 2.67. The first-order chi connectivity index (χ1) is 7.79. The topological polar surface area (TPSA) is 50.8 Å². The summed E-state index contributed by atoms with van der Waals surface area (Å²) in [7, 11) is 1.68. The van der Waals surface area contributed by atoms with Crippen LogP contribution in [0.1, 0.15) is 17.7 Å². The quantitative estimate of drug-likeness (QED) is 0.828. The van der Waals surface area contributed by atoms with Crippen LogP contribution in [0.15, 0.2) is 35.5 Å². The second kappa shape index (κ2) is 5.03. The molecule has 2 rings (SSSR count). The van der Waals surface area contributed by atoms with Crippen molar-refractivity contribution in [3.8, 4) is 5.75 Å². The van der Waals surface area contributed by atoms with E-state index in [9.17, 15) is 0 Å². The molecule has 1 atom stereocenters. The zero-order valence-electron chi connectivity index (χ0n) is 9.18. The van der Waals surface area contributed by atoms with E-state index in [-0.39, 0.29) is 0 Å².